The monoisotopic (exact) mass is 348 g/mol. The molecule has 0 bridgehead atoms. The number of hydrogen-bond acceptors (Lipinski definition) is 3. The van der Waals surface area contributed by atoms with Gasteiger partial charge in [-0.3, -0.25) is 0 Å². The van der Waals surface area contributed by atoms with Gasteiger partial charge in [-0.1, -0.05) is 54.1 Å². The number of aliphatic hydroxyl groups excluding tert-OH is 1. The molecule has 0 spiro atoms. The highest BCUT2D eigenvalue weighted by Gasteiger charge is 2.21. The van der Waals surface area contributed by atoms with Crippen LogP contribution in [0.2, 0.25) is 0 Å². The van der Waals surface area contributed by atoms with Gasteiger partial charge >= 0.3 is 0 Å². The van der Waals surface area contributed by atoms with E-state index in [1.165, 1.54) is 11.1 Å². The average Bonchev–Trinajstić information content (AvgIpc) is 3.18. The van der Waals surface area contributed by atoms with Gasteiger partial charge in [0, 0.05) is 12.5 Å². The lowest BCUT2D eigenvalue weighted by atomic mass is 9.80. The minimum atomic E-state index is 0.0253. The van der Waals surface area contributed by atoms with Crippen molar-refractivity contribution in [1.29, 1.82) is 0 Å². The first-order chi connectivity index (χ1) is 12.7. The first-order valence-electron chi connectivity index (χ1n) is 8.95. The molecule has 2 aromatic carbocycles. The van der Waals surface area contributed by atoms with Gasteiger partial charge in [0.05, 0.1) is 0 Å². The van der Waals surface area contributed by atoms with Crippen LogP contribution < -0.4 is 0 Å². The van der Waals surface area contributed by atoms with Crippen LogP contribution in [0.25, 0.3) is 0 Å². The molecule has 3 rings (SSSR count). The predicted octanol–water partition coefficient (Wildman–Crippen LogP) is 4.81. The van der Waals surface area contributed by atoms with Gasteiger partial charge in [-0.15, -0.1) is 0 Å². The van der Waals surface area contributed by atoms with E-state index in [4.69, 9.17) is 0 Å². The van der Waals surface area contributed by atoms with Crippen LogP contribution in [0.5, 0.6) is 11.5 Å². The zero-order chi connectivity index (χ0) is 18.4. The Balaban J connectivity index is 2.08. The summed E-state index contributed by atoms with van der Waals surface area (Å²) in [4.78, 5) is 0. The van der Waals surface area contributed by atoms with Gasteiger partial charge in [-0.2, -0.15) is 0 Å². The molecular formula is C23H24O3. The summed E-state index contributed by atoms with van der Waals surface area (Å²) in [7, 11) is 0. The summed E-state index contributed by atoms with van der Waals surface area (Å²) in [6.07, 6.45) is 10.8. The fourth-order valence-electron chi connectivity index (χ4n) is 3.40. The van der Waals surface area contributed by atoms with Gasteiger partial charge in [0.2, 0.25) is 0 Å². The Bertz CT molecular complexity index is 752. The molecule has 1 aliphatic rings. The van der Waals surface area contributed by atoms with Crippen LogP contribution in [0.1, 0.15) is 36.3 Å². The van der Waals surface area contributed by atoms with Gasteiger partial charge in [0.25, 0.3) is 0 Å². The Morgan fingerprint density at radius 1 is 0.731 bits per heavy atom. The summed E-state index contributed by atoms with van der Waals surface area (Å²) in [5.41, 5.74) is 4.65. The molecule has 0 saturated carbocycles. The standard InChI is InChI=1S/C23H24O3/c24-16-4-3-7-22(17-5-1-2-6-17)23(18-8-12-20(25)13-9-18)19-10-14-21(26)15-11-19/h1-2,5-6,8-15,23-26H,3-4,7,16H2. The topological polar surface area (TPSA) is 60.7 Å². The third-order valence-electron chi connectivity index (χ3n) is 4.69. The van der Waals surface area contributed by atoms with E-state index < -0.39 is 0 Å². The molecule has 3 nitrogen and oxygen atoms in total. The number of rotatable bonds is 7. The lowest BCUT2D eigenvalue weighted by molar-refractivity contribution is 0.284. The lowest BCUT2D eigenvalue weighted by Gasteiger charge is -2.24. The Morgan fingerprint density at radius 3 is 1.69 bits per heavy atom. The summed E-state index contributed by atoms with van der Waals surface area (Å²) in [5, 5.41) is 28.5. The molecule has 3 N–H and O–H groups in total. The molecule has 3 heteroatoms. The van der Waals surface area contributed by atoms with E-state index >= 15 is 0 Å². The maximum atomic E-state index is 9.67. The Hall–Kier alpha value is -2.78. The van der Waals surface area contributed by atoms with Crippen molar-refractivity contribution in [3.05, 3.63) is 95.1 Å². The Labute approximate surface area is 154 Å². The fraction of sp³-hybridized carbons (Fsp3) is 0.217. The second-order valence-electron chi connectivity index (χ2n) is 6.50. The second-order valence-corrected chi connectivity index (χ2v) is 6.50. The molecule has 1 aliphatic carbocycles. The second kappa shape index (κ2) is 8.54. The van der Waals surface area contributed by atoms with Gasteiger partial charge < -0.3 is 15.3 Å². The summed E-state index contributed by atoms with van der Waals surface area (Å²) in [6, 6.07) is 14.6. The van der Waals surface area contributed by atoms with Crippen LogP contribution in [0.15, 0.2) is 84.0 Å². The minimum Gasteiger partial charge on any atom is -0.508 e. The first kappa shape index (κ1) is 18.0. The summed E-state index contributed by atoms with van der Waals surface area (Å²) >= 11 is 0. The van der Waals surface area contributed by atoms with Crippen molar-refractivity contribution in [2.75, 3.05) is 6.61 Å². The smallest absolute Gasteiger partial charge is 0.115 e. The molecule has 0 saturated heterocycles. The SMILES string of the molecule is OCCCCC(=C1C=CC=C1)C(c1ccc(O)cc1)c1ccc(O)cc1. The van der Waals surface area contributed by atoms with E-state index in [9.17, 15) is 15.3 Å². The van der Waals surface area contributed by atoms with Crippen LogP contribution >= 0.6 is 0 Å². The molecule has 26 heavy (non-hydrogen) atoms. The first-order valence-corrected chi connectivity index (χ1v) is 8.95. The van der Waals surface area contributed by atoms with E-state index in [0.29, 0.717) is 0 Å². The number of benzene rings is 2. The van der Waals surface area contributed by atoms with E-state index in [0.717, 1.165) is 30.4 Å². The van der Waals surface area contributed by atoms with Crippen molar-refractivity contribution >= 4 is 0 Å². The van der Waals surface area contributed by atoms with Gasteiger partial charge in [-0.25, -0.2) is 0 Å². The van der Waals surface area contributed by atoms with Crippen LogP contribution in [0.3, 0.4) is 0 Å². The molecular weight excluding hydrogens is 324 g/mol. The number of phenolic OH excluding ortho intramolecular Hbond substituents is 2. The lowest BCUT2D eigenvalue weighted by Crippen LogP contribution is -2.07. The number of allylic oxidation sites excluding steroid dienone is 6. The molecule has 0 amide bonds. The predicted molar refractivity (Wildman–Crippen MR) is 104 cm³/mol. The van der Waals surface area contributed by atoms with Crippen molar-refractivity contribution < 1.29 is 15.3 Å². The molecule has 0 atom stereocenters. The third kappa shape index (κ3) is 4.24. The van der Waals surface area contributed by atoms with Crippen molar-refractivity contribution in [2.45, 2.75) is 25.2 Å². The van der Waals surface area contributed by atoms with Crippen LogP contribution in [-0.2, 0) is 0 Å². The quantitative estimate of drug-likeness (QED) is 0.629. The van der Waals surface area contributed by atoms with Crippen molar-refractivity contribution in [3.8, 4) is 11.5 Å². The van der Waals surface area contributed by atoms with Gasteiger partial charge in [0.15, 0.2) is 0 Å². The van der Waals surface area contributed by atoms with Crippen molar-refractivity contribution in [2.24, 2.45) is 0 Å². The van der Waals surface area contributed by atoms with E-state index in [2.05, 4.69) is 12.2 Å². The highest BCUT2D eigenvalue weighted by atomic mass is 16.3. The zero-order valence-electron chi connectivity index (χ0n) is 14.7. The highest BCUT2D eigenvalue weighted by molar-refractivity contribution is 5.52. The van der Waals surface area contributed by atoms with Crippen molar-refractivity contribution in [1.82, 2.24) is 0 Å². The molecule has 0 fully saturated rings. The van der Waals surface area contributed by atoms with Crippen LogP contribution in [0, 0.1) is 0 Å². The number of unbranched alkanes of at least 4 members (excludes halogenated alkanes) is 1. The van der Waals surface area contributed by atoms with Gasteiger partial charge in [-0.05, 0) is 60.2 Å². The van der Waals surface area contributed by atoms with Gasteiger partial charge in [0.1, 0.15) is 11.5 Å². The molecule has 0 radical (unpaired) electrons. The maximum absolute atomic E-state index is 9.67. The molecule has 0 aromatic heterocycles. The van der Waals surface area contributed by atoms with Crippen LogP contribution in [0.4, 0.5) is 0 Å². The molecule has 0 aliphatic heterocycles. The highest BCUT2D eigenvalue weighted by Crippen LogP contribution is 2.38. The van der Waals surface area contributed by atoms with E-state index in [1.807, 2.05) is 36.4 Å². The average molecular weight is 348 g/mol. The molecule has 134 valence electrons. The Morgan fingerprint density at radius 2 is 1.23 bits per heavy atom. The third-order valence-corrected chi connectivity index (χ3v) is 4.69. The Kier molecular flexibility index (Phi) is 5.92. The van der Waals surface area contributed by atoms with Crippen molar-refractivity contribution in [3.63, 3.8) is 0 Å². The zero-order valence-corrected chi connectivity index (χ0v) is 14.7. The molecule has 2 aromatic rings. The largest absolute Gasteiger partial charge is 0.508 e. The molecule has 0 unspecified atom stereocenters. The van der Waals surface area contributed by atoms with E-state index in [-0.39, 0.29) is 24.0 Å². The number of hydrogen-bond donors (Lipinski definition) is 3. The summed E-state index contributed by atoms with van der Waals surface area (Å²) < 4.78 is 0. The summed E-state index contributed by atoms with van der Waals surface area (Å²) in [6.45, 7) is 0.192. The molecule has 0 heterocycles. The summed E-state index contributed by atoms with van der Waals surface area (Å²) in [5.74, 6) is 0.513. The number of aliphatic hydroxyl groups is 1. The minimum absolute atomic E-state index is 0.0253. The maximum Gasteiger partial charge on any atom is 0.115 e. The number of phenols is 2. The van der Waals surface area contributed by atoms with Crippen LogP contribution in [-0.4, -0.2) is 21.9 Å². The number of aromatic hydroxyl groups is 2. The normalized spacial score (nSPS) is 12.9. The van der Waals surface area contributed by atoms with E-state index in [1.54, 1.807) is 24.3 Å². The fourth-order valence-corrected chi connectivity index (χ4v) is 3.40.